The summed E-state index contributed by atoms with van der Waals surface area (Å²) in [5.41, 5.74) is 3.47. The number of amides is 2. The highest BCUT2D eigenvalue weighted by Gasteiger charge is 2.26. The van der Waals surface area contributed by atoms with Gasteiger partial charge in [0.15, 0.2) is 0 Å². The third-order valence-electron chi connectivity index (χ3n) is 5.91. The van der Waals surface area contributed by atoms with E-state index in [-0.39, 0.29) is 17.7 Å². The summed E-state index contributed by atoms with van der Waals surface area (Å²) < 4.78 is 0. The maximum Gasteiger partial charge on any atom is 0.246 e. The predicted octanol–water partition coefficient (Wildman–Crippen LogP) is 3.89. The van der Waals surface area contributed by atoms with Gasteiger partial charge in [-0.2, -0.15) is 0 Å². The minimum Gasteiger partial charge on any atom is -0.370 e. The van der Waals surface area contributed by atoms with E-state index in [4.69, 9.17) is 0 Å². The Balaban J connectivity index is 1.41. The molecule has 1 saturated heterocycles. The molecule has 2 amide bonds. The molecular weight excluding hydrogens is 386 g/mol. The van der Waals surface area contributed by atoms with Crippen LogP contribution in [0.15, 0.2) is 60.7 Å². The van der Waals surface area contributed by atoms with Gasteiger partial charge < -0.3 is 15.1 Å². The summed E-state index contributed by atoms with van der Waals surface area (Å²) in [4.78, 5) is 29.2. The monoisotopic (exact) mass is 419 g/mol. The van der Waals surface area contributed by atoms with E-state index >= 15 is 0 Å². The number of carbonyl (C=O) groups is 2. The number of aryl methyl sites for hydroxylation is 1. The van der Waals surface area contributed by atoms with Crippen molar-refractivity contribution in [3.63, 3.8) is 0 Å². The SMILES string of the molecule is CCN(CCNC(=O)C1CCN(C(=O)/C=C/c2ccccc2)CC1)c1ccccc1C. The second kappa shape index (κ2) is 11.3. The largest absolute Gasteiger partial charge is 0.370 e. The van der Waals surface area contributed by atoms with Crippen molar-refractivity contribution in [3.05, 3.63) is 71.8 Å². The van der Waals surface area contributed by atoms with Gasteiger partial charge in [0, 0.05) is 50.4 Å². The zero-order valence-electron chi connectivity index (χ0n) is 18.6. The molecule has 3 rings (SSSR count). The minimum absolute atomic E-state index is 0.0135. The predicted molar refractivity (Wildman–Crippen MR) is 127 cm³/mol. The summed E-state index contributed by atoms with van der Waals surface area (Å²) in [6, 6.07) is 18.1. The molecule has 2 aromatic rings. The number of piperidine rings is 1. The van der Waals surface area contributed by atoms with Crippen LogP contribution in [0.5, 0.6) is 0 Å². The maximum atomic E-state index is 12.6. The van der Waals surface area contributed by atoms with E-state index in [1.54, 1.807) is 6.08 Å². The van der Waals surface area contributed by atoms with Gasteiger partial charge in [-0.05, 0) is 50.0 Å². The molecule has 0 unspecified atom stereocenters. The van der Waals surface area contributed by atoms with Crippen LogP contribution in [0, 0.1) is 12.8 Å². The van der Waals surface area contributed by atoms with Crippen LogP contribution in [-0.4, -0.2) is 49.4 Å². The van der Waals surface area contributed by atoms with E-state index in [1.807, 2.05) is 53.4 Å². The summed E-state index contributed by atoms with van der Waals surface area (Å²) in [5, 5.41) is 3.10. The number of para-hydroxylation sites is 1. The van der Waals surface area contributed by atoms with Crippen molar-refractivity contribution in [2.45, 2.75) is 26.7 Å². The summed E-state index contributed by atoms with van der Waals surface area (Å²) in [6.07, 6.45) is 4.90. The first kappa shape index (κ1) is 22.6. The van der Waals surface area contributed by atoms with Crippen LogP contribution in [0.3, 0.4) is 0 Å². The number of carbonyl (C=O) groups excluding carboxylic acids is 2. The molecule has 0 saturated carbocycles. The second-order valence-corrected chi connectivity index (χ2v) is 8.00. The van der Waals surface area contributed by atoms with Gasteiger partial charge in [0.1, 0.15) is 0 Å². The Morgan fingerprint density at radius 1 is 1.06 bits per heavy atom. The number of nitrogens with zero attached hydrogens (tertiary/aromatic N) is 2. The number of rotatable bonds is 8. The van der Waals surface area contributed by atoms with E-state index in [0.29, 0.717) is 32.5 Å². The molecule has 164 valence electrons. The standard InChI is InChI=1S/C26H33N3O2/c1-3-28(24-12-8-7-9-21(24)2)20-17-27-26(31)23-15-18-29(19-16-23)25(30)14-13-22-10-5-4-6-11-22/h4-14,23H,3,15-20H2,1-2H3,(H,27,31)/b14-13+. The molecule has 31 heavy (non-hydrogen) atoms. The molecule has 5 nitrogen and oxygen atoms in total. The average Bonchev–Trinajstić information content (AvgIpc) is 2.81. The Bertz CT molecular complexity index is 887. The fourth-order valence-corrected chi connectivity index (χ4v) is 4.02. The van der Waals surface area contributed by atoms with Crippen molar-refractivity contribution >= 4 is 23.6 Å². The van der Waals surface area contributed by atoms with Crippen LogP contribution in [0.2, 0.25) is 0 Å². The van der Waals surface area contributed by atoms with Gasteiger partial charge in [0.05, 0.1) is 0 Å². The van der Waals surface area contributed by atoms with Crippen LogP contribution in [0.1, 0.15) is 30.9 Å². The number of benzene rings is 2. The fraction of sp³-hybridized carbons (Fsp3) is 0.385. The summed E-state index contributed by atoms with van der Waals surface area (Å²) in [7, 11) is 0. The van der Waals surface area contributed by atoms with Crippen molar-refractivity contribution in [3.8, 4) is 0 Å². The molecule has 0 aliphatic carbocycles. The molecule has 1 heterocycles. The molecule has 1 N–H and O–H groups in total. The van der Waals surface area contributed by atoms with Crippen molar-refractivity contribution in [1.82, 2.24) is 10.2 Å². The van der Waals surface area contributed by atoms with Crippen LogP contribution >= 0.6 is 0 Å². The number of hydrogen-bond donors (Lipinski definition) is 1. The van der Waals surface area contributed by atoms with Crippen molar-refractivity contribution in [1.29, 1.82) is 0 Å². The number of nitrogens with one attached hydrogen (secondary N) is 1. The second-order valence-electron chi connectivity index (χ2n) is 8.00. The molecule has 5 heteroatoms. The third kappa shape index (κ3) is 6.45. The summed E-state index contributed by atoms with van der Waals surface area (Å²) >= 11 is 0. The maximum absolute atomic E-state index is 12.6. The molecule has 2 aromatic carbocycles. The normalized spacial score (nSPS) is 14.6. The zero-order valence-corrected chi connectivity index (χ0v) is 18.6. The van der Waals surface area contributed by atoms with E-state index in [1.165, 1.54) is 11.3 Å². The van der Waals surface area contributed by atoms with Crippen molar-refractivity contribution in [2.75, 3.05) is 37.6 Å². The Labute approximate surface area is 185 Å². The lowest BCUT2D eigenvalue weighted by Gasteiger charge is -2.31. The number of likely N-dealkylation sites (N-methyl/N-ethyl adjacent to an activating group) is 1. The molecule has 0 bridgehead atoms. The smallest absolute Gasteiger partial charge is 0.246 e. The highest BCUT2D eigenvalue weighted by atomic mass is 16.2. The average molecular weight is 420 g/mol. The number of hydrogen-bond acceptors (Lipinski definition) is 3. The molecule has 0 radical (unpaired) electrons. The molecule has 1 aliphatic heterocycles. The highest BCUT2D eigenvalue weighted by molar-refractivity contribution is 5.92. The van der Waals surface area contributed by atoms with Crippen molar-refractivity contribution < 1.29 is 9.59 Å². The van der Waals surface area contributed by atoms with Gasteiger partial charge in [-0.3, -0.25) is 9.59 Å². The fourth-order valence-electron chi connectivity index (χ4n) is 4.02. The topological polar surface area (TPSA) is 52.7 Å². The lowest BCUT2D eigenvalue weighted by Crippen LogP contribution is -2.44. The summed E-state index contributed by atoms with van der Waals surface area (Å²) in [5.74, 6) is 0.1000. The van der Waals surface area contributed by atoms with Crippen LogP contribution in [0.4, 0.5) is 5.69 Å². The van der Waals surface area contributed by atoms with Crippen LogP contribution in [-0.2, 0) is 9.59 Å². The Kier molecular flexibility index (Phi) is 8.27. The van der Waals surface area contributed by atoms with Crippen LogP contribution in [0.25, 0.3) is 6.08 Å². The Hall–Kier alpha value is -3.08. The van der Waals surface area contributed by atoms with E-state index in [9.17, 15) is 9.59 Å². The molecule has 0 atom stereocenters. The molecule has 0 spiro atoms. The number of anilines is 1. The van der Waals surface area contributed by atoms with Crippen LogP contribution < -0.4 is 10.2 Å². The Morgan fingerprint density at radius 3 is 2.42 bits per heavy atom. The first-order valence-electron chi connectivity index (χ1n) is 11.2. The molecule has 1 aliphatic rings. The van der Waals surface area contributed by atoms with Gasteiger partial charge in [-0.1, -0.05) is 48.5 Å². The highest BCUT2D eigenvalue weighted by Crippen LogP contribution is 2.20. The van der Waals surface area contributed by atoms with Gasteiger partial charge in [-0.15, -0.1) is 0 Å². The zero-order chi connectivity index (χ0) is 22.1. The third-order valence-corrected chi connectivity index (χ3v) is 5.91. The lowest BCUT2D eigenvalue weighted by molar-refractivity contribution is -0.132. The van der Waals surface area contributed by atoms with E-state index < -0.39 is 0 Å². The number of likely N-dealkylation sites (tertiary alicyclic amines) is 1. The molecule has 0 aromatic heterocycles. The van der Waals surface area contributed by atoms with Gasteiger partial charge >= 0.3 is 0 Å². The molecule has 1 fully saturated rings. The Morgan fingerprint density at radius 2 is 1.74 bits per heavy atom. The van der Waals surface area contributed by atoms with E-state index in [2.05, 4.69) is 36.2 Å². The minimum atomic E-state index is -0.0179. The van der Waals surface area contributed by atoms with Gasteiger partial charge in [0.2, 0.25) is 11.8 Å². The van der Waals surface area contributed by atoms with Crippen molar-refractivity contribution in [2.24, 2.45) is 5.92 Å². The van der Waals surface area contributed by atoms with Gasteiger partial charge in [-0.25, -0.2) is 0 Å². The van der Waals surface area contributed by atoms with Gasteiger partial charge in [0.25, 0.3) is 0 Å². The summed E-state index contributed by atoms with van der Waals surface area (Å²) in [6.45, 7) is 7.81. The molecular formula is C26H33N3O2. The lowest BCUT2D eigenvalue weighted by atomic mass is 9.96. The quantitative estimate of drug-likeness (QED) is 0.661. The first-order valence-corrected chi connectivity index (χ1v) is 11.2. The van der Waals surface area contributed by atoms with E-state index in [0.717, 1.165) is 18.7 Å². The first-order chi connectivity index (χ1) is 15.1.